The van der Waals surface area contributed by atoms with Gasteiger partial charge >= 0.3 is 6.03 Å². The van der Waals surface area contributed by atoms with Gasteiger partial charge in [-0.15, -0.1) is 0 Å². The monoisotopic (exact) mass is 400 g/mol. The van der Waals surface area contributed by atoms with Gasteiger partial charge in [-0.1, -0.05) is 17.3 Å². The minimum absolute atomic E-state index is 0.0781. The highest BCUT2D eigenvalue weighted by atomic mass is 79.9. The molecule has 2 N–H and O–H groups in total. The Kier molecular flexibility index (Phi) is 5.14. The molecule has 7 heteroatoms. The van der Waals surface area contributed by atoms with Crippen LogP contribution in [-0.4, -0.2) is 22.2 Å². The third-order valence-corrected chi connectivity index (χ3v) is 4.04. The lowest BCUT2D eigenvalue weighted by atomic mass is 10.2. The molecule has 0 aliphatic heterocycles. The summed E-state index contributed by atoms with van der Waals surface area (Å²) in [5, 5.41) is 9.57. The molecule has 2 aromatic carbocycles. The van der Waals surface area contributed by atoms with Crippen LogP contribution in [0.15, 0.2) is 57.5 Å². The quantitative estimate of drug-likeness (QED) is 0.665. The van der Waals surface area contributed by atoms with E-state index in [0.717, 1.165) is 15.6 Å². The van der Waals surface area contributed by atoms with E-state index in [1.807, 2.05) is 50.2 Å². The topological polar surface area (TPSA) is 80.0 Å². The van der Waals surface area contributed by atoms with Gasteiger partial charge in [-0.25, -0.2) is 4.79 Å². The van der Waals surface area contributed by atoms with Crippen molar-refractivity contribution in [3.63, 3.8) is 0 Å². The summed E-state index contributed by atoms with van der Waals surface area (Å²) in [4.78, 5) is 16.1. The van der Waals surface area contributed by atoms with Gasteiger partial charge in [0, 0.05) is 21.8 Å². The van der Waals surface area contributed by atoms with Crippen molar-refractivity contribution < 1.29 is 9.32 Å². The molecule has 1 aromatic heterocycles. The Morgan fingerprint density at radius 2 is 1.84 bits per heavy atom. The number of anilines is 1. The van der Waals surface area contributed by atoms with Crippen molar-refractivity contribution in [3.8, 4) is 22.8 Å². The lowest BCUT2D eigenvalue weighted by Crippen LogP contribution is -2.34. The summed E-state index contributed by atoms with van der Waals surface area (Å²) in [6, 6.07) is 14.8. The van der Waals surface area contributed by atoms with Gasteiger partial charge in [0.1, 0.15) is 0 Å². The first-order valence-electron chi connectivity index (χ1n) is 7.79. The van der Waals surface area contributed by atoms with Crippen molar-refractivity contribution in [1.29, 1.82) is 0 Å². The second kappa shape index (κ2) is 7.48. The Hall–Kier alpha value is -2.67. The molecule has 2 amide bonds. The highest BCUT2D eigenvalue weighted by molar-refractivity contribution is 9.10. The highest BCUT2D eigenvalue weighted by Crippen LogP contribution is 2.28. The molecule has 3 aromatic rings. The van der Waals surface area contributed by atoms with Crippen LogP contribution >= 0.6 is 15.9 Å². The van der Waals surface area contributed by atoms with Gasteiger partial charge < -0.3 is 15.2 Å². The molecule has 0 spiro atoms. The molecule has 25 heavy (non-hydrogen) atoms. The van der Waals surface area contributed by atoms with Crippen LogP contribution in [0.5, 0.6) is 0 Å². The second-order valence-electron chi connectivity index (χ2n) is 5.73. The van der Waals surface area contributed by atoms with Crippen molar-refractivity contribution in [2.45, 2.75) is 19.9 Å². The summed E-state index contributed by atoms with van der Waals surface area (Å²) in [6.45, 7) is 3.81. The van der Waals surface area contributed by atoms with Crippen molar-refractivity contribution >= 4 is 27.6 Å². The van der Waals surface area contributed by atoms with E-state index in [1.54, 1.807) is 12.1 Å². The van der Waals surface area contributed by atoms with Crippen LogP contribution < -0.4 is 10.6 Å². The van der Waals surface area contributed by atoms with Crippen molar-refractivity contribution in [1.82, 2.24) is 15.5 Å². The number of carbonyl (C=O) groups is 1. The Labute approximate surface area is 153 Å². The van der Waals surface area contributed by atoms with Crippen molar-refractivity contribution in [2.75, 3.05) is 5.32 Å². The molecule has 3 rings (SSSR count). The third-order valence-electron chi connectivity index (χ3n) is 3.35. The van der Waals surface area contributed by atoms with Crippen LogP contribution in [0.4, 0.5) is 10.5 Å². The van der Waals surface area contributed by atoms with E-state index in [-0.39, 0.29) is 12.1 Å². The molecule has 6 nitrogen and oxygen atoms in total. The van der Waals surface area contributed by atoms with Crippen LogP contribution in [0.3, 0.4) is 0 Å². The zero-order valence-corrected chi connectivity index (χ0v) is 15.4. The summed E-state index contributed by atoms with van der Waals surface area (Å²) >= 11 is 3.47. The van der Waals surface area contributed by atoms with Crippen molar-refractivity contribution in [2.24, 2.45) is 0 Å². The van der Waals surface area contributed by atoms with Gasteiger partial charge in [0.15, 0.2) is 0 Å². The molecule has 0 radical (unpaired) electrons. The Morgan fingerprint density at radius 1 is 1.12 bits per heavy atom. The number of nitrogens with zero attached hydrogens (tertiary/aromatic N) is 2. The van der Waals surface area contributed by atoms with Gasteiger partial charge in [-0.2, -0.15) is 4.98 Å². The van der Waals surface area contributed by atoms with Crippen LogP contribution in [0.1, 0.15) is 13.8 Å². The zero-order valence-electron chi connectivity index (χ0n) is 13.8. The largest absolute Gasteiger partial charge is 0.336 e. The normalized spacial score (nSPS) is 10.7. The second-order valence-corrected chi connectivity index (χ2v) is 6.59. The van der Waals surface area contributed by atoms with E-state index in [9.17, 15) is 4.79 Å². The van der Waals surface area contributed by atoms with E-state index >= 15 is 0 Å². The maximum absolute atomic E-state index is 11.7. The summed E-state index contributed by atoms with van der Waals surface area (Å²) in [7, 11) is 0. The molecule has 1 heterocycles. The maximum atomic E-state index is 11.7. The summed E-state index contributed by atoms with van der Waals surface area (Å²) < 4.78 is 6.24. The number of nitrogens with one attached hydrogen (secondary N) is 2. The first-order valence-corrected chi connectivity index (χ1v) is 8.59. The van der Waals surface area contributed by atoms with E-state index < -0.39 is 0 Å². The molecule has 0 aliphatic carbocycles. The molecule has 0 aliphatic rings. The SMILES string of the molecule is CC(C)NC(=O)Nc1ccc(-c2noc(-c3ccccc3Br)n2)cc1. The first-order chi connectivity index (χ1) is 12.0. The number of aromatic nitrogens is 2. The van der Waals surface area contributed by atoms with Crippen LogP contribution in [0.2, 0.25) is 0 Å². The molecule has 0 saturated heterocycles. The van der Waals surface area contributed by atoms with E-state index in [2.05, 4.69) is 36.7 Å². The number of hydrogen-bond acceptors (Lipinski definition) is 4. The zero-order chi connectivity index (χ0) is 17.8. The van der Waals surface area contributed by atoms with Crippen LogP contribution in [0, 0.1) is 0 Å². The van der Waals surface area contributed by atoms with Gasteiger partial charge in [-0.3, -0.25) is 0 Å². The van der Waals surface area contributed by atoms with Gasteiger partial charge in [0.2, 0.25) is 5.82 Å². The van der Waals surface area contributed by atoms with E-state index in [0.29, 0.717) is 17.4 Å². The predicted molar refractivity (Wildman–Crippen MR) is 100 cm³/mol. The predicted octanol–water partition coefficient (Wildman–Crippen LogP) is 4.70. The molecule has 0 unspecified atom stereocenters. The fourth-order valence-corrected chi connectivity index (χ4v) is 2.67. The smallest absolute Gasteiger partial charge is 0.319 e. The van der Waals surface area contributed by atoms with E-state index in [4.69, 9.17) is 4.52 Å². The van der Waals surface area contributed by atoms with E-state index in [1.165, 1.54) is 0 Å². The fraction of sp³-hybridized carbons (Fsp3) is 0.167. The number of urea groups is 1. The highest BCUT2D eigenvalue weighted by Gasteiger charge is 2.13. The molecular weight excluding hydrogens is 384 g/mol. The van der Waals surface area contributed by atoms with Crippen LogP contribution in [-0.2, 0) is 0 Å². The first kappa shape index (κ1) is 17.2. The Morgan fingerprint density at radius 3 is 2.52 bits per heavy atom. The van der Waals surface area contributed by atoms with Crippen LogP contribution in [0.25, 0.3) is 22.8 Å². The third kappa shape index (κ3) is 4.24. The molecule has 0 atom stereocenters. The van der Waals surface area contributed by atoms with Crippen molar-refractivity contribution in [3.05, 3.63) is 53.0 Å². The van der Waals surface area contributed by atoms with Gasteiger partial charge in [0.25, 0.3) is 5.89 Å². The van der Waals surface area contributed by atoms with Gasteiger partial charge in [-0.05, 0) is 66.2 Å². The minimum atomic E-state index is -0.237. The molecule has 0 saturated carbocycles. The average Bonchev–Trinajstić information content (AvgIpc) is 3.05. The Balaban J connectivity index is 1.75. The lowest BCUT2D eigenvalue weighted by Gasteiger charge is -2.10. The molecule has 0 fully saturated rings. The number of hydrogen-bond donors (Lipinski definition) is 2. The average molecular weight is 401 g/mol. The molecule has 0 bridgehead atoms. The number of halogens is 1. The minimum Gasteiger partial charge on any atom is -0.336 e. The summed E-state index contributed by atoms with van der Waals surface area (Å²) in [5.74, 6) is 0.935. The summed E-state index contributed by atoms with van der Waals surface area (Å²) in [6.07, 6.45) is 0. The number of benzene rings is 2. The number of amides is 2. The summed E-state index contributed by atoms with van der Waals surface area (Å²) in [5.41, 5.74) is 2.33. The maximum Gasteiger partial charge on any atom is 0.319 e. The number of rotatable bonds is 4. The molecule has 128 valence electrons. The standard InChI is InChI=1S/C18H17BrN4O2/c1-11(2)20-18(24)21-13-9-7-12(8-10-13)16-22-17(25-23-16)14-5-3-4-6-15(14)19/h3-11H,1-2H3,(H2,20,21,24). The molecular formula is C18H17BrN4O2. The van der Waals surface area contributed by atoms with Gasteiger partial charge in [0.05, 0.1) is 5.56 Å². The fourth-order valence-electron chi connectivity index (χ4n) is 2.22. The lowest BCUT2D eigenvalue weighted by molar-refractivity contribution is 0.250. The number of carbonyl (C=O) groups excluding carboxylic acids is 1. The Bertz CT molecular complexity index is 875.